The quantitative estimate of drug-likeness (QED) is 0.334. The maximum Gasteiger partial charge on any atom is 0.355 e. The Hall–Kier alpha value is -1.65. The number of halogens is 3. The maximum absolute atomic E-state index is 12.9. The molecule has 1 heterocycles. The van der Waals surface area contributed by atoms with Crippen LogP contribution in [0.5, 0.6) is 0 Å². The number of hydrogen-bond donors (Lipinski definition) is 2. The molecule has 30 heavy (non-hydrogen) atoms. The van der Waals surface area contributed by atoms with Crippen LogP contribution >= 0.6 is 23.1 Å². The number of aromatic carboxylic acids is 1. The third-order valence-electron chi connectivity index (χ3n) is 5.04. The highest BCUT2D eigenvalue weighted by atomic mass is 32.2. The zero-order chi connectivity index (χ0) is 22.3. The van der Waals surface area contributed by atoms with E-state index < -0.39 is 29.9 Å². The highest BCUT2D eigenvalue weighted by Crippen LogP contribution is 2.35. The summed E-state index contributed by atoms with van der Waals surface area (Å²) in [6, 6.07) is 0. The highest BCUT2D eigenvalue weighted by Gasteiger charge is 2.32. The Morgan fingerprint density at radius 3 is 2.80 bits per heavy atom. The van der Waals surface area contributed by atoms with E-state index in [1.54, 1.807) is 6.08 Å². The number of allylic oxidation sites excluding steroid dienone is 2. The number of ketones is 1. The standard InChI is InChI=1S/C20H24F3NO4S2/c1-20(28,9-6-14(21)17(22)23)8-2-3-12-4-5-16(25)13(12)7-10-29-19-24-15(11-30-19)18(26)27/h2-3,11-13,28H,4-10H2,1H3,(H,26,27)/b3-2+/t12?,13-,20+/m0/s1. The van der Waals surface area contributed by atoms with E-state index in [-0.39, 0.29) is 36.2 Å². The van der Waals surface area contributed by atoms with Gasteiger partial charge in [0, 0.05) is 29.9 Å². The van der Waals surface area contributed by atoms with E-state index in [9.17, 15) is 27.9 Å². The molecule has 5 nitrogen and oxygen atoms in total. The van der Waals surface area contributed by atoms with Crippen LogP contribution in [-0.4, -0.2) is 38.3 Å². The zero-order valence-electron chi connectivity index (χ0n) is 16.4. The maximum atomic E-state index is 12.9. The Kier molecular flexibility index (Phi) is 9.11. The van der Waals surface area contributed by atoms with Gasteiger partial charge in [0.1, 0.15) is 5.78 Å². The highest BCUT2D eigenvalue weighted by molar-refractivity contribution is 8.01. The second kappa shape index (κ2) is 11.1. The van der Waals surface area contributed by atoms with E-state index in [4.69, 9.17) is 5.11 Å². The molecule has 2 N–H and O–H groups in total. The lowest BCUT2D eigenvalue weighted by molar-refractivity contribution is -0.121. The minimum Gasteiger partial charge on any atom is -0.476 e. The normalized spacial score (nSPS) is 21.2. The van der Waals surface area contributed by atoms with E-state index in [2.05, 4.69) is 4.98 Å². The first kappa shape index (κ1) is 24.6. The first-order valence-corrected chi connectivity index (χ1v) is 11.4. The van der Waals surface area contributed by atoms with Gasteiger partial charge >= 0.3 is 12.0 Å². The van der Waals surface area contributed by atoms with Crippen molar-refractivity contribution < 1.29 is 33.0 Å². The molecule has 1 aromatic rings. The first-order chi connectivity index (χ1) is 14.1. The van der Waals surface area contributed by atoms with Gasteiger partial charge in [-0.2, -0.15) is 8.78 Å². The molecule has 0 bridgehead atoms. The molecule has 0 saturated heterocycles. The minimum atomic E-state index is -2.36. The van der Waals surface area contributed by atoms with Crippen molar-refractivity contribution >= 4 is 34.9 Å². The Balaban J connectivity index is 1.83. The topological polar surface area (TPSA) is 87.5 Å². The Labute approximate surface area is 181 Å². The summed E-state index contributed by atoms with van der Waals surface area (Å²) in [6.45, 7) is 1.47. The fourth-order valence-corrected chi connectivity index (χ4v) is 5.20. The number of rotatable bonds is 11. The lowest BCUT2D eigenvalue weighted by Crippen LogP contribution is -2.23. The molecule has 10 heteroatoms. The van der Waals surface area contributed by atoms with Crippen molar-refractivity contribution in [2.45, 2.75) is 55.4 Å². The number of aliphatic hydroxyl groups is 1. The van der Waals surface area contributed by atoms with Crippen molar-refractivity contribution in [2.24, 2.45) is 11.8 Å². The van der Waals surface area contributed by atoms with Crippen molar-refractivity contribution in [1.82, 2.24) is 4.98 Å². The number of hydrogen-bond acceptors (Lipinski definition) is 6. The molecule has 1 aliphatic carbocycles. The fraction of sp³-hybridized carbons (Fsp3) is 0.550. The van der Waals surface area contributed by atoms with Crippen LogP contribution in [-0.2, 0) is 4.79 Å². The van der Waals surface area contributed by atoms with Gasteiger partial charge in [0.25, 0.3) is 0 Å². The third kappa shape index (κ3) is 7.55. The number of nitrogens with zero attached hydrogens (tertiary/aromatic N) is 1. The molecule has 1 aromatic heterocycles. The van der Waals surface area contributed by atoms with E-state index in [0.29, 0.717) is 29.4 Å². The molecule has 0 aliphatic heterocycles. The van der Waals surface area contributed by atoms with Crippen LogP contribution < -0.4 is 0 Å². The summed E-state index contributed by atoms with van der Waals surface area (Å²) >= 11 is 2.67. The summed E-state index contributed by atoms with van der Waals surface area (Å²) < 4.78 is 37.8. The lowest BCUT2D eigenvalue weighted by Gasteiger charge is -2.21. The Morgan fingerprint density at radius 1 is 1.43 bits per heavy atom. The average Bonchev–Trinajstić information content (AvgIpc) is 3.28. The van der Waals surface area contributed by atoms with Gasteiger partial charge in [0.15, 0.2) is 15.9 Å². The summed E-state index contributed by atoms with van der Waals surface area (Å²) in [5.41, 5.74) is -1.30. The van der Waals surface area contributed by atoms with Crippen LogP contribution in [0.25, 0.3) is 0 Å². The van der Waals surface area contributed by atoms with Gasteiger partial charge in [-0.25, -0.2) is 14.2 Å². The summed E-state index contributed by atoms with van der Waals surface area (Å²) in [7, 11) is 0. The second-order valence-corrected chi connectivity index (χ2v) is 9.71. The van der Waals surface area contributed by atoms with Gasteiger partial charge in [0.2, 0.25) is 0 Å². The van der Waals surface area contributed by atoms with Gasteiger partial charge in [-0.1, -0.05) is 23.9 Å². The number of aromatic nitrogens is 1. The number of carboxylic acid groups (broad SMARTS) is 1. The van der Waals surface area contributed by atoms with E-state index in [0.717, 1.165) is 0 Å². The first-order valence-electron chi connectivity index (χ1n) is 9.52. The van der Waals surface area contributed by atoms with E-state index in [1.807, 2.05) is 6.08 Å². The molecule has 166 valence electrons. The molecular formula is C20H24F3NO4S2. The zero-order valence-corrected chi connectivity index (χ0v) is 18.1. The van der Waals surface area contributed by atoms with Gasteiger partial charge in [-0.15, -0.1) is 11.3 Å². The molecule has 3 atom stereocenters. The van der Waals surface area contributed by atoms with Crippen molar-refractivity contribution in [3.63, 3.8) is 0 Å². The number of thioether (sulfide) groups is 1. The third-order valence-corrected chi connectivity index (χ3v) is 7.09. The largest absolute Gasteiger partial charge is 0.476 e. The van der Waals surface area contributed by atoms with Gasteiger partial charge in [-0.3, -0.25) is 4.79 Å². The molecule has 0 amide bonds. The van der Waals surface area contributed by atoms with Gasteiger partial charge < -0.3 is 10.2 Å². The summed E-state index contributed by atoms with van der Waals surface area (Å²) in [6.07, 6.45) is 2.59. The predicted molar refractivity (Wildman–Crippen MR) is 110 cm³/mol. The fourth-order valence-electron chi connectivity index (χ4n) is 3.31. The summed E-state index contributed by atoms with van der Waals surface area (Å²) in [5.74, 6) is -1.90. The van der Waals surface area contributed by atoms with Crippen molar-refractivity contribution in [1.29, 1.82) is 0 Å². The van der Waals surface area contributed by atoms with Gasteiger partial charge in [-0.05, 0) is 38.5 Å². The molecule has 0 spiro atoms. The number of carbonyl (C=O) groups is 2. The molecule has 0 aromatic carbocycles. The average molecular weight is 464 g/mol. The number of Topliss-reactive ketones (excluding diaryl/α,β-unsaturated/α-hetero) is 1. The van der Waals surface area contributed by atoms with Crippen LogP contribution in [0.3, 0.4) is 0 Å². The molecule has 1 saturated carbocycles. The van der Waals surface area contributed by atoms with E-state index in [1.165, 1.54) is 35.4 Å². The van der Waals surface area contributed by atoms with Crippen LogP contribution in [0.1, 0.15) is 55.9 Å². The smallest absolute Gasteiger partial charge is 0.355 e. The monoisotopic (exact) mass is 463 g/mol. The number of thiazole rings is 1. The molecule has 1 aliphatic rings. The summed E-state index contributed by atoms with van der Waals surface area (Å²) in [4.78, 5) is 27.1. The van der Waals surface area contributed by atoms with Gasteiger partial charge in [0.05, 0.1) is 5.60 Å². The molecule has 1 unspecified atom stereocenters. The Bertz CT molecular complexity index is 819. The molecule has 0 radical (unpaired) electrons. The van der Waals surface area contributed by atoms with Crippen molar-refractivity contribution in [3.8, 4) is 0 Å². The summed E-state index contributed by atoms with van der Waals surface area (Å²) in [5, 5.41) is 20.6. The molecule has 2 rings (SSSR count). The van der Waals surface area contributed by atoms with Crippen LogP contribution in [0, 0.1) is 11.8 Å². The second-order valence-electron chi connectivity index (χ2n) is 7.51. The predicted octanol–water partition coefficient (Wildman–Crippen LogP) is 5.47. The van der Waals surface area contributed by atoms with Crippen molar-refractivity contribution in [2.75, 3.05) is 5.75 Å². The van der Waals surface area contributed by atoms with Crippen molar-refractivity contribution in [3.05, 3.63) is 35.1 Å². The van der Waals surface area contributed by atoms with Crippen LogP contribution in [0.2, 0.25) is 0 Å². The number of carboxylic acids is 1. The van der Waals surface area contributed by atoms with E-state index >= 15 is 0 Å². The SMILES string of the molecule is C[C@@](O)(C/C=C/C1CCC(=O)[C@H]1CCSc1nc(C(=O)O)cs1)CCC(F)=C(F)F. The number of carbonyl (C=O) groups excluding carboxylic acids is 1. The Morgan fingerprint density at radius 2 is 2.17 bits per heavy atom. The molecular weight excluding hydrogens is 439 g/mol. The van der Waals surface area contributed by atoms with Crippen LogP contribution in [0.4, 0.5) is 13.2 Å². The minimum absolute atomic E-state index is 0.0110. The van der Waals surface area contributed by atoms with Crippen LogP contribution in [0.15, 0.2) is 33.8 Å². The molecule has 1 fully saturated rings. The lowest BCUT2D eigenvalue weighted by atomic mass is 9.90.